The van der Waals surface area contributed by atoms with Gasteiger partial charge < -0.3 is 4.74 Å². The van der Waals surface area contributed by atoms with Crippen LogP contribution in [0.15, 0.2) is 47.4 Å². The Morgan fingerprint density at radius 2 is 1.83 bits per heavy atom. The third kappa shape index (κ3) is 5.06. The van der Waals surface area contributed by atoms with Crippen molar-refractivity contribution in [2.24, 2.45) is 5.92 Å². The molecule has 2 aromatic rings. The number of esters is 1. The maximum atomic E-state index is 13.2. The van der Waals surface area contributed by atoms with Crippen LogP contribution in [-0.4, -0.2) is 32.3 Å². The standard InChI is InChI=1S/C23H29NO4S/c1-17(2)6-7-18-8-12-22(13-9-18)29(26,27)24-14-4-5-19-10-11-20(23(25)28-3)15-21(19)16-24/h8-13,15,17H,4-7,14,16H2,1-3H3. The van der Waals surface area contributed by atoms with Gasteiger partial charge in [0.15, 0.2) is 0 Å². The third-order valence-corrected chi connectivity index (χ3v) is 7.26. The summed E-state index contributed by atoms with van der Waals surface area (Å²) in [5, 5.41) is 0. The topological polar surface area (TPSA) is 63.7 Å². The number of methoxy groups -OCH3 is 1. The molecule has 1 heterocycles. The van der Waals surface area contributed by atoms with Crippen LogP contribution < -0.4 is 0 Å². The number of hydrogen-bond donors (Lipinski definition) is 0. The molecule has 2 aromatic carbocycles. The Morgan fingerprint density at radius 3 is 2.48 bits per heavy atom. The summed E-state index contributed by atoms with van der Waals surface area (Å²) in [6, 6.07) is 12.6. The van der Waals surface area contributed by atoms with E-state index in [-0.39, 0.29) is 6.54 Å². The van der Waals surface area contributed by atoms with Gasteiger partial charge in [-0.15, -0.1) is 0 Å². The van der Waals surface area contributed by atoms with E-state index < -0.39 is 16.0 Å². The molecule has 0 saturated carbocycles. The van der Waals surface area contributed by atoms with E-state index in [9.17, 15) is 13.2 Å². The van der Waals surface area contributed by atoms with Crippen LogP contribution in [0.3, 0.4) is 0 Å². The van der Waals surface area contributed by atoms with Crippen molar-refractivity contribution < 1.29 is 17.9 Å². The summed E-state index contributed by atoms with van der Waals surface area (Å²) in [6.45, 7) is 5.08. The van der Waals surface area contributed by atoms with Crippen LogP contribution in [0.4, 0.5) is 0 Å². The molecule has 1 aliphatic heterocycles. The van der Waals surface area contributed by atoms with E-state index in [1.165, 1.54) is 11.4 Å². The van der Waals surface area contributed by atoms with Crippen LogP contribution in [0, 0.1) is 5.92 Å². The highest BCUT2D eigenvalue weighted by Gasteiger charge is 2.27. The Balaban J connectivity index is 1.83. The molecular weight excluding hydrogens is 386 g/mol. The highest BCUT2D eigenvalue weighted by atomic mass is 32.2. The van der Waals surface area contributed by atoms with Crippen molar-refractivity contribution in [3.05, 3.63) is 64.7 Å². The summed E-state index contributed by atoms with van der Waals surface area (Å²) in [6.07, 6.45) is 3.57. The van der Waals surface area contributed by atoms with Crippen molar-refractivity contribution in [1.82, 2.24) is 4.31 Å². The molecule has 0 amide bonds. The summed E-state index contributed by atoms with van der Waals surface area (Å²) in [5.74, 6) is 0.203. The zero-order chi connectivity index (χ0) is 21.0. The molecule has 5 nitrogen and oxygen atoms in total. The molecule has 3 rings (SSSR count). The molecule has 0 atom stereocenters. The minimum absolute atomic E-state index is 0.262. The molecule has 6 heteroatoms. The molecule has 156 valence electrons. The Kier molecular flexibility index (Phi) is 6.75. The Morgan fingerprint density at radius 1 is 1.10 bits per heavy atom. The zero-order valence-electron chi connectivity index (χ0n) is 17.3. The molecule has 29 heavy (non-hydrogen) atoms. The summed E-state index contributed by atoms with van der Waals surface area (Å²) in [7, 11) is -2.25. The average Bonchev–Trinajstić information content (AvgIpc) is 2.94. The van der Waals surface area contributed by atoms with Crippen LogP contribution in [0.2, 0.25) is 0 Å². The fourth-order valence-electron chi connectivity index (χ4n) is 3.61. The lowest BCUT2D eigenvalue weighted by Gasteiger charge is -2.21. The highest BCUT2D eigenvalue weighted by molar-refractivity contribution is 7.89. The van der Waals surface area contributed by atoms with Gasteiger partial charge in [-0.05, 0) is 72.6 Å². The zero-order valence-corrected chi connectivity index (χ0v) is 18.2. The number of sulfonamides is 1. The van der Waals surface area contributed by atoms with Crippen LogP contribution in [0.25, 0.3) is 0 Å². The number of hydrogen-bond acceptors (Lipinski definition) is 4. The van der Waals surface area contributed by atoms with E-state index in [2.05, 4.69) is 13.8 Å². The van der Waals surface area contributed by atoms with Crippen molar-refractivity contribution in [1.29, 1.82) is 0 Å². The van der Waals surface area contributed by atoms with Gasteiger partial charge in [-0.2, -0.15) is 4.31 Å². The van der Waals surface area contributed by atoms with E-state index in [4.69, 9.17) is 4.74 Å². The van der Waals surface area contributed by atoms with Gasteiger partial charge in [-0.25, -0.2) is 13.2 Å². The second-order valence-corrected chi connectivity index (χ2v) is 9.93. The lowest BCUT2D eigenvalue weighted by atomic mass is 10.0. The predicted molar refractivity (Wildman–Crippen MR) is 113 cm³/mol. The van der Waals surface area contributed by atoms with Gasteiger partial charge in [0.25, 0.3) is 0 Å². The average molecular weight is 416 g/mol. The van der Waals surface area contributed by atoms with E-state index in [1.807, 2.05) is 18.2 Å². The summed E-state index contributed by atoms with van der Waals surface area (Å²) >= 11 is 0. The number of carbonyl (C=O) groups excluding carboxylic acids is 1. The van der Waals surface area contributed by atoms with Gasteiger partial charge in [0, 0.05) is 13.1 Å². The van der Waals surface area contributed by atoms with Crippen LogP contribution in [0.1, 0.15) is 53.7 Å². The minimum atomic E-state index is -3.60. The van der Waals surface area contributed by atoms with E-state index in [0.29, 0.717) is 22.9 Å². The number of aryl methyl sites for hydroxylation is 2. The maximum absolute atomic E-state index is 13.2. The van der Waals surface area contributed by atoms with Crippen molar-refractivity contribution in [3.8, 4) is 0 Å². The molecular formula is C23H29NO4S. The van der Waals surface area contributed by atoms with Crippen LogP contribution >= 0.6 is 0 Å². The minimum Gasteiger partial charge on any atom is -0.465 e. The normalized spacial score (nSPS) is 15.0. The first-order chi connectivity index (χ1) is 13.8. The molecule has 0 aromatic heterocycles. The lowest BCUT2D eigenvalue weighted by molar-refractivity contribution is 0.0600. The SMILES string of the molecule is COC(=O)c1ccc2c(c1)CN(S(=O)(=O)c1ccc(CCC(C)C)cc1)CCC2. The highest BCUT2D eigenvalue weighted by Crippen LogP contribution is 2.26. The maximum Gasteiger partial charge on any atom is 0.337 e. The molecule has 0 unspecified atom stereocenters. The fourth-order valence-corrected chi connectivity index (χ4v) is 5.07. The van der Waals surface area contributed by atoms with Gasteiger partial charge in [0.1, 0.15) is 0 Å². The number of nitrogens with zero attached hydrogens (tertiary/aromatic N) is 1. The largest absolute Gasteiger partial charge is 0.465 e. The molecule has 0 fully saturated rings. The summed E-state index contributed by atoms with van der Waals surface area (Å²) in [5.41, 5.74) is 3.54. The van der Waals surface area contributed by atoms with Gasteiger partial charge in [-0.1, -0.05) is 32.0 Å². The first-order valence-electron chi connectivity index (χ1n) is 10.1. The summed E-state index contributed by atoms with van der Waals surface area (Å²) < 4.78 is 32.8. The van der Waals surface area contributed by atoms with Crippen molar-refractivity contribution in [2.45, 2.75) is 51.0 Å². The smallest absolute Gasteiger partial charge is 0.337 e. The Hall–Kier alpha value is -2.18. The number of carbonyl (C=O) groups is 1. The van der Waals surface area contributed by atoms with Gasteiger partial charge in [-0.3, -0.25) is 0 Å². The second kappa shape index (κ2) is 9.09. The van der Waals surface area contributed by atoms with Crippen molar-refractivity contribution in [3.63, 3.8) is 0 Å². The number of rotatable bonds is 6. The van der Waals surface area contributed by atoms with Crippen molar-refractivity contribution in [2.75, 3.05) is 13.7 Å². The van der Waals surface area contributed by atoms with E-state index in [0.717, 1.165) is 42.4 Å². The number of ether oxygens (including phenoxy) is 1. The van der Waals surface area contributed by atoms with E-state index >= 15 is 0 Å². The number of fused-ring (bicyclic) bond motifs is 1. The molecule has 0 N–H and O–H groups in total. The van der Waals surface area contributed by atoms with Gasteiger partial charge in [0.2, 0.25) is 10.0 Å². The third-order valence-electron chi connectivity index (χ3n) is 5.40. The van der Waals surface area contributed by atoms with E-state index in [1.54, 1.807) is 24.3 Å². The fraction of sp³-hybridized carbons (Fsp3) is 0.435. The Bertz CT molecular complexity index is 965. The Labute approximate surface area is 173 Å². The first kappa shape index (κ1) is 21.5. The molecule has 0 saturated heterocycles. The predicted octanol–water partition coefficient (Wildman–Crippen LogP) is 4.20. The van der Waals surface area contributed by atoms with Crippen molar-refractivity contribution >= 4 is 16.0 Å². The van der Waals surface area contributed by atoms with Crippen LogP contribution in [0.5, 0.6) is 0 Å². The first-order valence-corrected chi connectivity index (χ1v) is 11.5. The molecule has 0 spiro atoms. The number of benzene rings is 2. The van der Waals surface area contributed by atoms with Gasteiger partial charge >= 0.3 is 5.97 Å². The lowest BCUT2D eigenvalue weighted by Crippen LogP contribution is -2.30. The van der Waals surface area contributed by atoms with Crippen LogP contribution in [-0.2, 0) is 34.1 Å². The molecule has 0 aliphatic carbocycles. The van der Waals surface area contributed by atoms with Gasteiger partial charge in [0.05, 0.1) is 17.6 Å². The monoisotopic (exact) mass is 415 g/mol. The molecule has 0 bridgehead atoms. The molecule has 1 aliphatic rings. The molecule has 0 radical (unpaired) electrons. The second-order valence-electron chi connectivity index (χ2n) is 7.99. The quantitative estimate of drug-likeness (QED) is 0.664. The summed E-state index contributed by atoms with van der Waals surface area (Å²) in [4.78, 5) is 12.2.